The number of nitro benzene ring substituents is 1. The molecule has 142 valence electrons. The lowest BCUT2D eigenvalue weighted by Crippen LogP contribution is -2.43. The van der Waals surface area contributed by atoms with Gasteiger partial charge in [0.05, 0.1) is 10.6 Å². The van der Waals surface area contributed by atoms with Crippen molar-refractivity contribution in [2.75, 3.05) is 18.1 Å². The molecule has 0 radical (unpaired) electrons. The molecule has 8 heteroatoms. The number of non-ortho nitro benzene ring substituents is 1. The average Bonchev–Trinajstić information content (AvgIpc) is 2.67. The summed E-state index contributed by atoms with van der Waals surface area (Å²) >= 11 is 0. The Labute approximate surface area is 157 Å². The fraction of sp³-hybridized carbons (Fsp3) is 0.263. The SMILES string of the molecule is CCN(NC(=O)CCNC(=O)c1ccc([N+](=O)[O-])cc1)c1ccc(C)cc1. The number of benzene rings is 2. The first-order valence-corrected chi connectivity index (χ1v) is 8.57. The predicted molar refractivity (Wildman–Crippen MR) is 102 cm³/mol. The summed E-state index contributed by atoms with van der Waals surface area (Å²) in [6, 6.07) is 13.1. The lowest BCUT2D eigenvalue weighted by molar-refractivity contribution is -0.384. The first kappa shape index (κ1) is 19.9. The van der Waals surface area contributed by atoms with Gasteiger partial charge in [-0.2, -0.15) is 0 Å². The van der Waals surface area contributed by atoms with Crippen LogP contribution in [0.2, 0.25) is 0 Å². The van der Waals surface area contributed by atoms with E-state index in [0.717, 1.165) is 11.3 Å². The highest BCUT2D eigenvalue weighted by atomic mass is 16.6. The standard InChI is InChI=1S/C19H22N4O4/c1-3-22(16-8-4-14(2)5-9-16)21-18(24)12-13-20-19(25)15-6-10-17(11-7-15)23(26)27/h4-11H,3,12-13H2,1-2H3,(H,20,25)(H,21,24). The van der Waals surface area contributed by atoms with Gasteiger partial charge in [0.15, 0.2) is 0 Å². The van der Waals surface area contributed by atoms with Crippen molar-refractivity contribution in [2.24, 2.45) is 0 Å². The second-order valence-corrected chi connectivity index (χ2v) is 5.92. The largest absolute Gasteiger partial charge is 0.352 e. The lowest BCUT2D eigenvalue weighted by atomic mass is 10.2. The van der Waals surface area contributed by atoms with Crippen LogP contribution in [-0.2, 0) is 4.79 Å². The van der Waals surface area contributed by atoms with Gasteiger partial charge in [-0.1, -0.05) is 17.7 Å². The van der Waals surface area contributed by atoms with E-state index < -0.39 is 4.92 Å². The molecule has 0 aliphatic carbocycles. The van der Waals surface area contributed by atoms with Gasteiger partial charge >= 0.3 is 0 Å². The van der Waals surface area contributed by atoms with Crippen molar-refractivity contribution in [1.82, 2.24) is 10.7 Å². The van der Waals surface area contributed by atoms with E-state index in [2.05, 4.69) is 10.7 Å². The summed E-state index contributed by atoms with van der Waals surface area (Å²) in [5.41, 5.74) is 5.04. The van der Waals surface area contributed by atoms with E-state index in [-0.39, 0.29) is 30.5 Å². The number of nitro groups is 1. The van der Waals surface area contributed by atoms with Crippen LogP contribution in [-0.4, -0.2) is 29.8 Å². The molecule has 0 spiro atoms. The molecule has 0 fully saturated rings. The third-order valence-electron chi connectivity index (χ3n) is 3.90. The molecule has 2 amide bonds. The van der Waals surface area contributed by atoms with Crippen LogP contribution in [0.4, 0.5) is 11.4 Å². The minimum Gasteiger partial charge on any atom is -0.352 e. The minimum absolute atomic E-state index is 0.0818. The number of aryl methyl sites for hydroxylation is 1. The first-order chi connectivity index (χ1) is 12.9. The Balaban J connectivity index is 1.81. The number of carbonyl (C=O) groups is 2. The second-order valence-electron chi connectivity index (χ2n) is 5.92. The molecule has 0 aromatic heterocycles. The van der Waals surface area contributed by atoms with Crippen LogP contribution in [0, 0.1) is 17.0 Å². The van der Waals surface area contributed by atoms with E-state index in [0.29, 0.717) is 12.1 Å². The number of amides is 2. The fourth-order valence-electron chi connectivity index (χ4n) is 2.38. The van der Waals surface area contributed by atoms with Gasteiger partial charge in [0.25, 0.3) is 11.6 Å². The fourth-order valence-corrected chi connectivity index (χ4v) is 2.38. The van der Waals surface area contributed by atoms with E-state index in [1.54, 1.807) is 5.01 Å². The van der Waals surface area contributed by atoms with Crippen molar-refractivity contribution in [2.45, 2.75) is 20.3 Å². The van der Waals surface area contributed by atoms with Crippen LogP contribution in [0.5, 0.6) is 0 Å². The highest BCUT2D eigenvalue weighted by molar-refractivity contribution is 5.94. The van der Waals surface area contributed by atoms with Gasteiger partial charge in [-0.15, -0.1) is 0 Å². The second kappa shape index (κ2) is 9.33. The summed E-state index contributed by atoms with van der Waals surface area (Å²) in [5, 5.41) is 15.0. The van der Waals surface area contributed by atoms with Crippen molar-refractivity contribution in [3.63, 3.8) is 0 Å². The molecule has 2 N–H and O–H groups in total. The molecule has 0 saturated heterocycles. The Bertz CT molecular complexity index is 803. The lowest BCUT2D eigenvalue weighted by Gasteiger charge is -2.24. The molecule has 0 heterocycles. The Morgan fingerprint density at radius 1 is 1.07 bits per heavy atom. The van der Waals surface area contributed by atoms with Crippen LogP contribution in [0.25, 0.3) is 0 Å². The molecular formula is C19H22N4O4. The first-order valence-electron chi connectivity index (χ1n) is 8.57. The monoisotopic (exact) mass is 370 g/mol. The van der Waals surface area contributed by atoms with Gasteiger partial charge in [0, 0.05) is 37.2 Å². The van der Waals surface area contributed by atoms with Crippen molar-refractivity contribution in [3.8, 4) is 0 Å². The predicted octanol–water partition coefficient (Wildman–Crippen LogP) is 2.58. The Morgan fingerprint density at radius 2 is 1.70 bits per heavy atom. The molecule has 2 aromatic rings. The average molecular weight is 370 g/mol. The molecule has 0 unspecified atom stereocenters. The van der Waals surface area contributed by atoms with E-state index in [1.807, 2.05) is 38.1 Å². The number of hydrazine groups is 1. The van der Waals surface area contributed by atoms with E-state index in [9.17, 15) is 19.7 Å². The Morgan fingerprint density at radius 3 is 2.26 bits per heavy atom. The zero-order chi connectivity index (χ0) is 19.8. The highest BCUT2D eigenvalue weighted by Gasteiger charge is 2.11. The van der Waals surface area contributed by atoms with Crippen LogP contribution >= 0.6 is 0 Å². The Hall–Kier alpha value is -3.42. The smallest absolute Gasteiger partial charge is 0.269 e. The number of hydrogen-bond donors (Lipinski definition) is 2. The normalized spacial score (nSPS) is 10.1. The minimum atomic E-state index is -0.528. The maximum Gasteiger partial charge on any atom is 0.269 e. The number of nitrogens with zero attached hydrogens (tertiary/aromatic N) is 2. The number of anilines is 1. The summed E-state index contributed by atoms with van der Waals surface area (Å²) < 4.78 is 0. The van der Waals surface area contributed by atoms with Crippen LogP contribution < -0.4 is 15.8 Å². The van der Waals surface area contributed by atoms with Crippen LogP contribution in [0.1, 0.15) is 29.3 Å². The van der Waals surface area contributed by atoms with Gasteiger partial charge in [-0.05, 0) is 38.1 Å². The molecule has 0 aliphatic rings. The molecular weight excluding hydrogens is 348 g/mol. The topological polar surface area (TPSA) is 105 Å². The van der Waals surface area contributed by atoms with Crippen molar-refractivity contribution in [1.29, 1.82) is 0 Å². The quantitative estimate of drug-likeness (QED) is 0.549. The van der Waals surface area contributed by atoms with Crippen LogP contribution in [0.15, 0.2) is 48.5 Å². The number of hydrogen-bond acceptors (Lipinski definition) is 5. The molecule has 0 saturated carbocycles. The van der Waals surface area contributed by atoms with Crippen molar-refractivity contribution in [3.05, 3.63) is 69.8 Å². The number of nitrogens with one attached hydrogen (secondary N) is 2. The summed E-state index contributed by atoms with van der Waals surface area (Å²) in [7, 11) is 0. The van der Waals surface area contributed by atoms with E-state index in [1.165, 1.54) is 24.3 Å². The zero-order valence-electron chi connectivity index (χ0n) is 15.3. The summed E-state index contributed by atoms with van der Waals surface area (Å²) in [6.07, 6.45) is 0.112. The summed E-state index contributed by atoms with van der Waals surface area (Å²) in [6.45, 7) is 4.68. The molecule has 0 bridgehead atoms. The Kier molecular flexibility index (Phi) is 6.87. The van der Waals surface area contributed by atoms with Gasteiger partial charge in [-0.3, -0.25) is 30.1 Å². The van der Waals surface area contributed by atoms with E-state index >= 15 is 0 Å². The molecule has 27 heavy (non-hydrogen) atoms. The van der Waals surface area contributed by atoms with Crippen LogP contribution in [0.3, 0.4) is 0 Å². The molecule has 2 aromatic carbocycles. The third kappa shape index (κ3) is 5.81. The molecule has 0 aliphatic heterocycles. The van der Waals surface area contributed by atoms with Crippen molar-refractivity contribution >= 4 is 23.2 Å². The van der Waals surface area contributed by atoms with E-state index in [4.69, 9.17) is 0 Å². The maximum atomic E-state index is 12.1. The molecule has 0 atom stereocenters. The summed E-state index contributed by atoms with van der Waals surface area (Å²) in [4.78, 5) is 34.2. The van der Waals surface area contributed by atoms with Gasteiger partial charge in [0.2, 0.25) is 5.91 Å². The van der Waals surface area contributed by atoms with Crippen molar-refractivity contribution < 1.29 is 14.5 Å². The zero-order valence-corrected chi connectivity index (χ0v) is 15.3. The maximum absolute atomic E-state index is 12.1. The van der Waals surface area contributed by atoms with Gasteiger partial charge in [-0.25, -0.2) is 0 Å². The van der Waals surface area contributed by atoms with Gasteiger partial charge in [0.1, 0.15) is 0 Å². The molecule has 2 rings (SSSR count). The summed E-state index contributed by atoms with van der Waals surface area (Å²) in [5.74, 6) is -0.606. The number of carbonyl (C=O) groups excluding carboxylic acids is 2. The van der Waals surface area contributed by atoms with Gasteiger partial charge < -0.3 is 5.32 Å². The highest BCUT2D eigenvalue weighted by Crippen LogP contribution is 2.13. The number of rotatable bonds is 8. The molecule has 8 nitrogen and oxygen atoms in total. The third-order valence-corrected chi connectivity index (χ3v) is 3.90.